The number of hydrogen-bond acceptors (Lipinski definition) is 7. The van der Waals surface area contributed by atoms with Crippen LogP contribution in [-0.2, 0) is 26.8 Å². The fourth-order valence-electron chi connectivity index (χ4n) is 6.24. The summed E-state index contributed by atoms with van der Waals surface area (Å²) in [6, 6.07) is 19.3. The SMILES string of the molecule is O=C(Nc1ccn(C[C@H](NC(=O)N2CCC3(CC2)CN(S(=O)(=O)c2ccccc2)c2ccccc23)C(=O)O)c(=O)n1)c1c(Cl)cccc1Cl. The molecule has 0 saturated carbocycles. The first-order chi connectivity index (χ1) is 23.4. The molecule has 2 aliphatic heterocycles. The van der Waals surface area contributed by atoms with Crippen molar-refractivity contribution in [3.8, 4) is 0 Å². The van der Waals surface area contributed by atoms with Gasteiger partial charge in [0.25, 0.3) is 15.9 Å². The Bertz CT molecular complexity index is 2080. The van der Waals surface area contributed by atoms with E-state index in [9.17, 15) is 32.7 Å². The number of carbonyl (C=O) groups excluding carboxylic acids is 2. The Morgan fingerprint density at radius 1 is 0.918 bits per heavy atom. The number of piperidine rings is 1. The van der Waals surface area contributed by atoms with Gasteiger partial charge >= 0.3 is 17.7 Å². The van der Waals surface area contributed by atoms with E-state index in [0.717, 1.165) is 10.1 Å². The molecule has 3 heterocycles. The van der Waals surface area contributed by atoms with E-state index in [0.29, 0.717) is 18.5 Å². The van der Waals surface area contributed by atoms with Crippen LogP contribution < -0.4 is 20.6 Å². The van der Waals surface area contributed by atoms with Gasteiger partial charge < -0.3 is 20.6 Å². The molecule has 1 atom stereocenters. The van der Waals surface area contributed by atoms with E-state index in [2.05, 4.69) is 15.6 Å². The lowest BCUT2D eigenvalue weighted by Crippen LogP contribution is -2.54. The van der Waals surface area contributed by atoms with Crippen molar-refractivity contribution in [3.05, 3.63) is 117 Å². The molecule has 0 radical (unpaired) electrons. The van der Waals surface area contributed by atoms with Crippen LogP contribution in [-0.4, -0.2) is 71.6 Å². The molecule has 1 saturated heterocycles. The van der Waals surface area contributed by atoms with E-state index in [4.69, 9.17) is 23.2 Å². The van der Waals surface area contributed by atoms with E-state index >= 15 is 0 Å². The quantitative estimate of drug-likeness (QED) is 0.243. The van der Waals surface area contributed by atoms with Crippen LogP contribution in [0.2, 0.25) is 10.0 Å². The number of urea groups is 1. The van der Waals surface area contributed by atoms with Crippen molar-refractivity contribution in [2.75, 3.05) is 29.3 Å². The molecule has 1 fully saturated rings. The lowest BCUT2D eigenvalue weighted by molar-refractivity contribution is -0.139. The van der Waals surface area contributed by atoms with Gasteiger partial charge in [0.05, 0.1) is 32.7 Å². The number of nitrogens with zero attached hydrogens (tertiary/aromatic N) is 4. The first kappa shape index (κ1) is 34.0. The average Bonchev–Trinajstić information content (AvgIpc) is 3.40. The molecule has 0 aliphatic carbocycles. The molecule has 2 aliphatic rings. The van der Waals surface area contributed by atoms with Crippen molar-refractivity contribution in [2.45, 2.75) is 35.7 Å². The predicted molar refractivity (Wildman–Crippen MR) is 183 cm³/mol. The Balaban J connectivity index is 1.11. The normalized spacial score (nSPS) is 15.8. The molecule has 49 heavy (non-hydrogen) atoms. The van der Waals surface area contributed by atoms with Gasteiger partial charge in [0, 0.05) is 31.2 Å². The number of fused-ring (bicyclic) bond motifs is 2. The lowest BCUT2D eigenvalue weighted by Gasteiger charge is -2.40. The number of carboxylic acid groups (broad SMARTS) is 1. The zero-order valence-electron chi connectivity index (χ0n) is 25.8. The second kappa shape index (κ2) is 13.5. The number of anilines is 2. The van der Waals surface area contributed by atoms with Gasteiger partial charge in [-0.15, -0.1) is 0 Å². The van der Waals surface area contributed by atoms with E-state index in [1.165, 1.54) is 33.6 Å². The second-order valence-electron chi connectivity index (χ2n) is 11.7. The minimum atomic E-state index is -3.83. The number of halogens is 2. The molecule has 254 valence electrons. The van der Waals surface area contributed by atoms with E-state index < -0.39 is 51.6 Å². The minimum Gasteiger partial charge on any atom is -0.480 e. The molecule has 13 nitrogen and oxygen atoms in total. The third-order valence-electron chi connectivity index (χ3n) is 8.81. The first-order valence-corrected chi connectivity index (χ1v) is 17.4. The van der Waals surface area contributed by atoms with Crippen molar-refractivity contribution < 1.29 is 27.9 Å². The summed E-state index contributed by atoms with van der Waals surface area (Å²) in [5.41, 5.74) is 0.0977. The third-order valence-corrected chi connectivity index (χ3v) is 11.2. The van der Waals surface area contributed by atoms with Crippen LogP contribution in [0.1, 0.15) is 28.8 Å². The average molecular weight is 726 g/mol. The highest BCUT2D eigenvalue weighted by molar-refractivity contribution is 7.92. The summed E-state index contributed by atoms with van der Waals surface area (Å²) in [5.74, 6) is -2.17. The minimum absolute atomic E-state index is 0.000725. The van der Waals surface area contributed by atoms with Gasteiger partial charge in [0.2, 0.25) is 0 Å². The molecule has 6 rings (SSSR count). The van der Waals surface area contributed by atoms with Crippen LogP contribution in [0, 0.1) is 0 Å². The summed E-state index contributed by atoms with van der Waals surface area (Å²) in [4.78, 5) is 56.3. The van der Waals surface area contributed by atoms with Gasteiger partial charge in [-0.25, -0.2) is 22.8 Å². The van der Waals surface area contributed by atoms with Crippen LogP contribution in [0.15, 0.2) is 94.7 Å². The van der Waals surface area contributed by atoms with Crippen LogP contribution in [0.5, 0.6) is 0 Å². The Morgan fingerprint density at radius 2 is 1.57 bits per heavy atom. The molecule has 0 unspecified atom stereocenters. The molecule has 1 aromatic heterocycles. The molecule has 3 amide bonds. The summed E-state index contributed by atoms with van der Waals surface area (Å²) >= 11 is 12.2. The van der Waals surface area contributed by atoms with Gasteiger partial charge in [-0.2, -0.15) is 4.98 Å². The number of rotatable bonds is 8. The molecule has 16 heteroatoms. The Kier molecular flexibility index (Phi) is 9.38. The largest absolute Gasteiger partial charge is 0.480 e. The lowest BCUT2D eigenvalue weighted by atomic mass is 9.74. The van der Waals surface area contributed by atoms with Crippen LogP contribution in [0.25, 0.3) is 0 Å². The highest BCUT2D eigenvalue weighted by Gasteiger charge is 2.48. The number of para-hydroxylation sites is 1. The summed E-state index contributed by atoms with van der Waals surface area (Å²) in [6.45, 7) is 0.275. The monoisotopic (exact) mass is 724 g/mol. The predicted octanol–water partition coefficient (Wildman–Crippen LogP) is 4.21. The maximum atomic E-state index is 13.6. The smallest absolute Gasteiger partial charge is 0.349 e. The van der Waals surface area contributed by atoms with E-state index in [1.54, 1.807) is 48.5 Å². The zero-order valence-corrected chi connectivity index (χ0v) is 28.1. The molecule has 1 spiro atoms. The van der Waals surface area contributed by atoms with E-state index in [-0.39, 0.29) is 46.0 Å². The van der Waals surface area contributed by atoms with Crippen molar-refractivity contribution in [2.24, 2.45) is 0 Å². The van der Waals surface area contributed by atoms with Crippen LogP contribution in [0.3, 0.4) is 0 Å². The number of amides is 3. The highest BCUT2D eigenvalue weighted by atomic mass is 35.5. The zero-order chi connectivity index (χ0) is 34.9. The molecule has 3 aromatic carbocycles. The van der Waals surface area contributed by atoms with E-state index in [1.807, 2.05) is 12.1 Å². The second-order valence-corrected chi connectivity index (χ2v) is 14.4. The number of carboxylic acids is 1. The number of likely N-dealkylation sites (tertiary alicyclic amines) is 1. The van der Waals surface area contributed by atoms with Gasteiger partial charge in [0.15, 0.2) is 0 Å². The highest BCUT2D eigenvalue weighted by Crippen LogP contribution is 2.48. The van der Waals surface area contributed by atoms with Gasteiger partial charge in [-0.1, -0.05) is 65.7 Å². The first-order valence-electron chi connectivity index (χ1n) is 15.2. The molecule has 0 bridgehead atoms. The van der Waals surface area contributed by atoms with Crippen molar-refractivity contribution >= 4 is 62.6 Å². The van der Waals surface area contributed by atoms with Gasteiger partial charge in [-0.3, -0.25) is 13.7 Å². The van der Waals surface area contributed by atoms with Gasteiger partial charge in [0.1, 0.15) is 11.9 Å². The summed E-state index contributed by atoms with van der Waals surface area (Å²) in [6.07, 6.45) is 2.15. The Hall–Kier alpha value is -4.92. The summed E-state index contributed by atoms with van der Waals surface area (Å²) in [5, 5.41) is 15.0. The third kappa shape index (κ3) is 6.71. The maximum absolute atomic E-state index is 13.6. The molecule has 4 aromatic rings. The van der Waals surface area contributed by atoms with Crippen molar-refractivity contribution in [1.29, 1.82) is 0 Å². The van der Waals surface area contributed by atoms with Crippen LogP contribution >= 0.6 is 23.2 Å². The summed E-state index contributed by atoms with van der Waals surface area (Å²) < 4.78 is 29.7. The Morgan fingerprint density at radius 3 is 2.22 bits per heavy atom. The standard InChI is InChI=1S/C33H30Cl2N6O7S/c34-23-10-6-11-24(35)28(23)29(42)37-27-13-16-40(32(46)38-27)19-25(30(43)44)36-31(45)39-17-14-33(15-18-39)20-41(26-12-5-4-9-22(26)33)49(47,48)21-7-2-1-3-8-21/h1-13,16,25H,14-15,17-20H2,(H,36,45)(H,43,44)(H,37,38,42,46)/t25-/m0/s1. The molecule has 3 N–H and O–H groups in total. The number of aliphatic carboxylic acids is 1. The summed E-state index contributed by atoms with van der Waals surface area (Å²) in [7, 11) is -3.83. The van der Waals surface area contributed by atoms with Crippen LogP contribution in [0.4, 0.5) is 16.3 Å². The Labute approximate surface area is 291 Å². The number of carbonyl (C=O) groups is 3. The number of hydrogen-bond donors (Lipinski definition) is 3. The maximum Gasteiger partial charge on any atom is 0.349 e. The fourth-order valence-corrected chi connectivity index (χ4v) is 8.40. The van der Waals surface area contributed by atoms with Gasteiger partial charge in [-0.05, 0) is 54.8 Å². The number of sulfonamides is 1. The van der Waals surface area contributed by atoms with Crippen molar-refractivity contribution in [1.82, 2.24) is 19.8 Å². The number of nitrogens with one attached hydrogen (secondary N) is 2. The number of aromatic nitrogens is 2. The topological polar surface area (TPSA) is 171 Å². The van der Waals surface area contributed by atoms with Crippen molar-refractivity contribution in [3.63, 3.8) is 0 Å². The fraction of sp³-hybridized carbons (Fsp3) is 0.242. The number of benzene rings is 3. The molecular weight excluding hydrogens is 695 g/mol. The molecular formula is C33H30Cl2N6O7S.